The van der Waals surface area contributed by atoms with Gasteiger partial charge in [0.25, 0.3) is 0 Å². The van der Waals surface area contributed by atoms with Crippen LogP contribution >= 0.6 is 0 Å². The number of methoxy groups -OCH3 is 3. The summed E-state index contributed by atoms with van der Waals surface area (Å²) in [6, 6.07) is 9.08. The Morgan fingerprint density at radius 1 is 1.00 bits per heavy atom. The van der Waals surface area contributed by atoms with Crippen LogP contribution in [0, 0.1) is 12.7 Å². The Hall–Kier alpha value is -4.17. The lowest BCUT2D eigenvalue weighted by molar-refractivity contribution is 0.0949. The third-order valence-electron chi connectivity index (χ3n) is 5.68. The van der Waals surface area contributed by atoms with Gasteiger partial charge in [-0.15, -0.1) is 10.2 Å². The first-order valence-corrected chi connectivity index (χ1v) is 12.9. The quantitative estimate of drug-likeness (QED) is 0.317. The first kappa shape index (κ1) is 26.9. The van der Waals surface area contributed by atoms with Crippen molar-refractivity contribution in [2.24, 2.45) is 0 Å². The summed E-state index contributed by atoms with van der Waals surface area (Å²) in [7, 11) is -0.0440. The van der Waals surface area contributed by atoms with Gasteiger partial charge in [0.15, 0.2) is 17.5 Å². The Labute approximate surface area is 218 Å². The molecule has 0 bridgehead atoms. The molecular formula is C24H26FN7O5S. The summed E-state index contributed by atoms with van der Waals surface area (Å²) in [5.41, 5.74) is 0.946. The van der Waals surface area contributed by atoms with Crippen LogP contribution in [-0.4, -0.2) is 64.7 Å². The lowest BCUT2D eigenvalue weighted by atomic mass is 10.2. The fourth-order valence-corrected chi connectivity index (χ4v) is 4.83. The van der Waals surface area contributed by atoms with Crippen molar-refractivity contribution in [2.45, 2.75) is 25.2 Å². The molecule has 0 aliphatic heterocycles. The Kier molecular flexibility index (Phi) is 7.83. The standard InChI is InChI=1S/C24H26FN7O5S/c1-14-12-26-22(27-13-14)21(37-5)15(2)38(33,34)31-24-30-29-23(17-9-7-11-19(28-17)36-4)32(24)20-16(25)8-6-10-18(20)35-3/h6-13,15,21H,1-5H3,(H,30,31). The van der Waals surface area contributed by atoms with Crippen molar-refractivity contribution in [3.63, 3.8) is 0 Å². The van der Waals surface area contributed by atoms with E-state index in [9.17, 15) is 8.42 Å². The van der Waals surface area contributed by atoms with Gasteiger partial charge in [-0.25, -0.2) is 27.8 Å². The van der Waals surface area contributed by atoms with E-state index in [1.54, 1.807) is 30.6 Å². The predicted octanol–water partition coefficient (Wildman–Crippen LogP) is 3.10. The zero-order valence-electron chi connectivity index (χ0n) is 21.3. The minimum Gasteiger partial charge on any atom is -0.494 e. The molecule has 0 spiro atoms. The van der Waals surface area contributed by atoms with Gasteiger partial charge in [-0.1, -0.05) is 12.1 Å². The fraction of sp³-hybridized carbons (Fsp3) is 0.292. The minimum atomic E-state index is -4.21. The summed E-state index contributed by atoms with van der Waals surface area (Å²) in [6.07, 6.45) is 2.12. The van der Waals surface area contributed by atoms with E-state index >= 15 is 4.39 Å². The SMILES string of the molecule is COc1cccc(-c2nnc(NS(=O)(=O)C(C)C(OC)c3ncc(C)cn3)n2-c2c(F)cccc2OC)n1. The number of aromatic nitrogens is 6. The molecule has 3 heterocycles. The molecule has 1 N–H and O–H groups in total. The minimum absolute atomic E-state index is 0.0443. The molecule has 12 nitrogen and oxygen atoms in total. The zero-order chi connectivity index (χ0) is 27.4. The molecule has 1 aromatic carbocycles. The normalized spacial score (nSPS) is 13.1. The summed E-state index contributed by atoms with van der Waals surface area (Å²) in [5.74, 6) is -0.374. The molecule has 14 heteroatoms. The number of para-hydroxylation sites is 1. The van der Waals surface area contributed by atoms with E-state index in [2.05, 4.69) is 29.9 Å². The monoisotopic (exact) mass is 543 g/mol. The molecular weight excluding hydrogens is 517 g/mol. The van der Waals surface area contributed by atoms with Crippen LogP contribution < -0.4 is 14.2 Å². The van der Waals surface area contributed by atoms with E-state index in [-0.39, 0.29) is 40.6 Å². The van der Waals surface area contributed by atoms with E-state index in [1.165, 1.54) is 51.0 Å². The van der Waals surface area contributed by atoms with Gasteiger partial charge in [0, 0.05) is 25.6 Å². The van der Waals surface area contributed by atoms with Crippen LogP contribution in [0.5, 0.6) is 11.6 Å². The highest BCUT2D eigenvalue weighted by Gasteiger charge is 2.35. The summed E-state index contributed by atoms with van der Waals surface area (Å²) < 4.78 is 61.9. The second kappa shape index (κ2) is 11.1. The molecule has 200 valence electrons. The van der Waals surface area contributed by atoms with Crippen molar-refractivity contribution < 1.29 is 27.0 Å². The summed E-state index contributed by atoms with van der Waals surface area (Å²) in [6.45, 7) is 3.25. The van der Waals surface area contributed by atoms with Gasteiger partial charge in [0.2, 0.25) is 21.9 Å². The van der Waals surface area contributed by atoms with Gasteiger partial charge >= 0.3 is 0 Å². The van der Waals surface area contributed by atoms with Crippen LogP contribution in [0.25, 0.3) is 17.2 Å². The molecule has 0 fully saturated rings. The molecule has 4 rings (SSSR count). The van der Waals surface area contributed by atoms with Gasteiger partial charge in [-0.05, 0) is 37.6 Å². The van der Waals surface area contributed by atoms with Gasteiger partial charge in [0.05, 0.1) is 14.2 Å². The van der Waals surface area contributed by atoms with Gasteiger partial charge in [0.1, 0.15) is 28.5 Å². The number of rotatable bonds is 10. The average molecular weight is 544 g/mol. The summed E-state index contributed by atoms with van der Waals surface area (Å²) >= 11 is 0. The van der Waals surface area contributed by atoms with Crippen molar-refractivity contribution in [1.29, 1.82) is 0 Å². The van der Waals surface area contributed by atoms with Crippen LogP contribution in [-0.2, 0) is 14.8 Å². The van der Waals surface area contributed by atoms with E-state index in [0.717, 1.165) is 5.56 Å². The molecule has 0 aliphatic rings. The first-order valence-electron chi connectivity index (χ1n) is 11.3. The second-order valence-electron chi connectivity index (χ2n) is 8.17. The molecule has 4 aromatic rings. The lowest BCUT2D eigenvalue weighted by Crippen LogP contribution is -2.33. The number of aryl methyl sites for hydroxylation is 1. The Morgan fingerprint density at radius 3 is 2.37 bits per heavy atom. The van der Waals surface area contributed by atoms with Crippen LogP contribution in [0.4, 0.5) is 10.3 Å². The highest BCUT2D eigenvalue weighted by atomic mass is 32.2. The number of anilines is 1. The number of hydrogen-bond donors (Lipinski definition) is 1. The van der Waals surface area contributed by atoms with E-state index < -0.39 is 27.2 Å². The molecule has 0 aliphatic carbocycles. The van der Waals surface area contributed by atoms with Crippen LogP contribution in [0.1, 0.15) is 24.4 Å². The van der Waals surface area contributed by atoms with E-state index in [0.29, 0.717) is 0 Å². The number of nitrogens with one attached hydrogen (secondary N) is 1. The number of sulfonamides is 1. The maximum Gasteiger partial charge on any atom is 0.243 e. The number of pyridine rings is 1. The number of benzene rings is 1. The maximum atomic E-state index is 15.2. The first-order chi connectivity index (χ1) is 18.2. The molecule has 2 unspecified atom stereocenters. The van der Waals surface area contributed by atoms with Crippen LogP contribution in [0.2, 0.25) is 0 Å². The van der Waals surface area contributed by atoms with E-state index in [1.807, 2.05) is 6.92 Å². The summed E-state index contributed by atoms with van der Waals surface area (Å²) in [4.78, 5) is 12.7. The number of halogens is 1. The third-order valence-corrected chi connectivity index (χ3v) is 7.37. The zero-order valence-corrected chi connectivity index (χ0v) is 22.1. The number of nitrogens with zero attached hydrogens (tertiary/aromatic N) is 6. The fourth-order valence-electron chi connectivity index (χ4n) is 3.70. The second-order valence-corrected chi connectivity index (χ2v) is 10.2. The molecule has 0 radical (unpaired) electrons. The van der Waals surface area contributed by atoms with Crippen molar-refractivity contribution >= 4 is 16.0 Å². The van der Waals surface area contributed by atoms with Gasteiger partial charge < -0.3 is 14.2 Å². The van der Waals surface area contributed by atoms with Crippen molar-refractivity contribution in [1.82, 2.24) is 29.7 Å². The Balaban J connectivity index is 1.83. The Bertz CT molecular complexity index is 1530. The molecule has 2 atom stereocenters. The largest absolute Gasteiger partial charge is 0.494 e. The van der Waals surface area contributed by atoms with Gasteiger partial charge in [-0.3, -0.25) is 9.29 Å². The van der Waals surface area contributed by atoms with Crippen LogP contribution in [0.15, 0.2) is 48.8 Å². The lowest BCUT2D eigenvalue weighted by Gasteiger charge is -2.22. The molecule has 3 aromatic heterocycles. The smallest absolute Gasteiger partial charge is 0.243 e. The molecule has 0 saturated heterocycles. The maximum absolute atomic E-state index is 15.2. The van der Waals surface area contributed by atoms with E-state index in [4.69, 9.17) is 14.2 Å². The van der Waals surface area contributed by atoms with Crippen LogP contribution in [0.3, 0.4) is 0 Å². The highest BCUT2D eigenvalue weighted by molar-refractivity contribution is 7.93. The average Bonchev–Trinajstić information content (AvgIpc) is 3.32. The third kappa shape index (κ3) is 5.26. The topological polar surface area (TPSA) is 143 Å². The van der Waals surface area contributed by atoms with Gasteiger partial charge in [-0.2, -0.15) is 0 Å². The van der Waals surface area contributed by atoms with Crippen molar-refractivity contribution in [2.75, 3.05) is 26.1 Å². The molecule has 0 amide bonds. The Morgan fingerprint density at radius 2 is 1.71 bits per heavy atom. The highest BCUT2D eigenvalue weighted by Crippen LogP contribution is 2.34. The number of hydrogen-bond acceptors (Lipinski definition) is 10. The summed E-state index contributed by atoms with van der Waals surface area (Å²) in [5, 5.41) is 6.97. The molecule has 0 saturated carbocycles. The van der Waals surface area contributed by atoms with Crippen molar-refractivity contribution in [3.8, 4) is 28.8 Å². The molecule has 38 heavy (non-hydrogen) atoms. The number of ether oxygens (including phenoxy) is 3. The van der Waals surface area contributed by atoms with Crippen molar-refractivity contribution in [3.05, 3.63) is 66.0 Å². The predicted molar refractivity (Wildman–Crippen MR) is 136 cm³/mol.